The van der Waals surface area contributed by atoms with Crippen molar-refractivity contribution in [1.29, 1.82) is 0 Å². The van der Waals surface area contributed by atoms with E-state index in [1.807, 2.05) is 0 Å². The first-order chi connectivity index (χ1) is 4.43. The minimum atomic E-state index is 0.771. The van der Waals surface area contributed by atoms with Crippen molar-refractivity contribution in [1.82, 2.24) is 0 Å². The Morgan fingerprint density at radius 1 is 1.44 bits per heavy atom. The van der Waals surface area contributed by atoms with Crippen LogP contribution in [0.3, 0.4) is 0 Å². The maximum Gasteiger partial charge on any atom is -0.0205 e. The predicted molar refractivity (Wildman–Crippen MR) is 41.1 cm³/mol. The van der Waals surface area contributed by atoms with Gasteiger partial charge in [0.25, 0.3) is 0 Å². The molecule has 0 saturated carbocycles. The Hall–Kier alpha value is -0.260. The first-order valence-electron chi connectivity index (χ1n) is 3.89. The summed E-state index contributed by atoms with van der Waals surface area (Å²) in [5.74, 6) is 0.771. The van der Waals surface area contributed by atoms with Crippen molar-refractivity contribution in [3.05, 3.63) is 18.6 Å². The molecule has 0 saturated heterocycles. The lowest BCUT2D eigenvalue weighted by Crippen LogP contribution is -1.91. The Bertz CT molecular complexity index is 92.2. The van der Waals surface area contributed by atoms with Crippen molar-refractivity contribution in [3.63, 3.8) is 0 Å². The van der Waals surface area contributed by atoms with Crippen molar-refractivity contribution < 1.29 is 0 Å². The molecule has 1 atom stereocenters. The van der Waals surface area contributed by atoms with E-state index in [0.29, 0.717) is 0 Å². The molecule has 9 heavy (non-hydrogen) atoms. The van der Waals surface area contributed by atoms with E-state index >= 15 is 0 Å². The van der Waals surface area contributed by atoms with Gasteiger partial charge in [-0.1, -0.05) is 25.5 Å². The largest absolute Gasteiger partial charge is 0.0882 e. The summed E-state index contributed by atoms with van der Waals surface area (Å²) in [4.78, 5) is 0. The van der Waals surface area contributed by atoms with Gasteiger partial charge >= 0.3 is 0 Å². The van der Waals surface area contributed by atoms with Gasteiger partial charge in [0.2, 0.25) is 0 Å². The summed E-state index contributed by atoms with van der Waals surface area (Å²) in [6.07, 6.45) is 12.4. The molecule has 0 bridgehead atoms. The molecule has 1 rings (SSSR count). The lowest BCUT2D eigenvalue weighted by molar-refractivity contribution is 0.619. The molecule has 1 radical (unpaired) electrons. The normalized spacial score (nSPS) is 27.9. The van der Waals surface area contributed by atoms with E-state index in [1.165, 1.54) is 25.7 Å². The van der Waals surface area contributed by atoms with Gasteiger partial charge in [0, 0.05) is 0 Å². The Kier molecular flexibility index (Phi) is 2.82. The Morgan fingerprint density at radius 3 is 3.11 bits per heavy atom. The molecular weight excluding hydrogens is 108 g/mol. The van der Waals surface area contributed by atoms with Gasteiger partial charge in [-0.3, -0.25) is 0 Å². The topological polar surface area (TPSA) is 0 Å². The average Bonchev–Trinajstić information content (AvgIpc) is 2.13. The van der Waals surface area contributed by atoms with E-state index in [-0.39, 0.29) is 0 Å². The standard InChI is InChI=1S/C9H15/c1-2-9-7-5-3-4-6-8-9/h2,5,7,9H,3-4,6,8H2,1H3. The zero-order valence-electron chi connectivity index (χ0n) is 6.14. The quantitative estimate of drug-likeness (QED) is 0.470. The van der Waals surface area contributed by atoms with Gasteiger partial charge in [0.1, 0.15) is 0 Å². The smallest absolute Gasteiger partial charge is 0.0205 e. The third kappa shape index (κ3) is 2.21. The van der Waals surface area contributed by atoms with Gasteiger partial charge in [0.05, 0.1) is 0 Å². The minimum absolute atomic E-state index is 0.771. The van der Waals surface area contributed by atoms with Crippen molar-refractivity contribution in [3.8, 4) is 0 Å². The van der Waals surface area contributed by atoms with Crippen molar-refractivity contribution in [2.75, 3.05) is 0 Å². The van der Waals surface area contributed by atoms with Crippen LogP contribution in [0.5, 0.6) is 0 Å². The first-order valence-corrected chi connectivity index (χ1v) is 3.89. The van der Waals surface area contributed by atoms with E-state index in [2.05, 4.69) is 25.5 Å². The van der Waals surface area contributed by atoms with E-state index in [9.17, 15) is 0 Å². The summed E-state index contributed by atoms with van der Waals surface area (Å²) in [5.41, 5.74) is 0. The first kappa shape index (κ1) is 6.85. The number of rotatable bonds is 1. The summed E-state index contributed by atoms with van der Waals surface area (Å²) in [5, 5.41) is 0. The van der Waals surface area contributed by atoms with E-state index in [4.69, 9.17) is 0 Å². The van der Waals surface area contributed by atoms with Crippen LogP contribution in [0.15, 0.2) is 12.2 Å². The highest BCUT2D eigenvalue weighted by atomic mass is 14.1. The second kappa shape index (κ2) is 3.71. The molecule has 0 aromatic carbocycles. The summed E-state index contributed by atoms with van der Waals surface area (Å²) in [6, 6.07) is 0. The molecule has 0 amide bonds. The molecule has 1 aliphatic carbocycles. The molecule has 1 aliphatic rings. The van der Waals surface area contributed by atoms with Gasteiger partial charge < -0.3 is 0 Å². The van der Waals surface area contributed by atoms with Gasteiger partial charge in [0.15, 0.2) is 0 Å². The van der Waals surface area contributed by atoms with Gasteiger partial charge in [-0.2, -0.15) is 0 Å². The SMILES string of the molecule is C[CH]C1C=CCCCC1. The summed E-state index contributed by atoms with van der Waals surface area (Å²) in [7, 11) is 0. The number of hydrogen-bond donors (Lipinski definition) is 0. The Morgan fingerprint density at radius 2 is 2.33 bits per heavy atom. The van der Waals surface area contributed by atoms with Crippen molar-refractivity contribution in [2.45, 2.75) is 32.6 Å². The van der Waals surface area contributed by atoms with Crippen LogP contribution in [0.4, 0.5) is 0 Å². The molecule has 1 unspecified atom stereocenters. The predicted octanol–water partition coefficient (Wildman–Crippen LogP) is 2.96. The molecular formula is C9H15. The van der Waals surface area contributed by atoms with Crippen LogP contribution in [0.2, 0.25) is 0 Å². The zero-order valence-corrected chi connectivity index (χ0v) is 6.14. The van der Waals surface area contributed by atoms with Crippen LogP contribution >= 0.6 is 0 Å². The fraction of sp³-hybridized carbons (Fsp3) is 0.667. The van der Waals surface area contributed by atoms with E-state index in [0.717, 1.165) is 5.92 Å². The van der Waals surface area contributed by atoms with Crippen LogP contribution in [-0.2, 0) is 0 Å². The van der Waals surface area contributed by atoms with Crippen molar-refractivity contribution >= 4 is 0 Å². The highest BCUT2D eigenvalue weighted by Gasteiger charge is 2.03. The summed E-state index contributed by atoms with van der Waals surface area (Å²) < 4.78 is 0. The molecule has 0 heterocycles. The molecule has 0 aromatic heterocycles. The highest BCUT2D eigenvalue weighted by Crippen LogP contribution is 2.18. The van der Waals surface area contributed by atoms with Crippen molar-refractivity contribution in [2.24, 2.45) is 5.92 Å². The van der Waals surface area contributed by atoms with Gasteiger partial charge in [-0.05, 0) is 31.6 Å². The van der Waals surface area contributed by atoms with E-state index < -0.39 is 0 Å². The monoisotopic (exact) mass is 123 g/mol. The second-order valence-electron chi connectivity index (χ2n) is 2.71. The molecule has 0 N–H and O–H groups in total. The minimum Gasteiger partial charge on any atom is -0.0882 e. The maximum atomic E-state index is 2.34. The van der Waals surface area contributed by atoms with Crippen LogP contribution in [0.1, 0.15) is 32.6 Å². The molecule has 0 nitrogen and oxygen atoms in total. The third-order valence-corrected chi connectivity index (χ3v) is 1.97. The van der Waals surface area contributed by atoms with Crippen LogP contribution in [-0.4, -0.2) is 0 Å². The van der Waals surface area contributed by atoms with Crippen LogP contribution in [0, 0.1) is 12.3 Å². The van der Waals surface area contributed by atoms with Crippen LogP contribution < -0.4 is 0 Å². The molecule has 0 spiro atoms. The average molecular weight is 123 g/mol. The fourth-order valence-corrected chi connectivity index (χ4v) is 1.29. The fourth-order valence-electron chi connectivity index (χ4n) is 1.29. The van der Waals surface area contributed by atoms with Crippen LogP contribution in [0.25, 0.3) is 0 Å². The Balaban J connectivity index is 2.33. The molecule has 0 aliphatic heterocycles. The third-order valence-electron chi connectivity index (χ3n) is 1.97. The van der Waals surface area contributed by atoms with Gasteiger partial charge in [-0.15, -0.1) is 0 Å². The zero-order chi connectivity index (χ0) is 6.53. The molecule has 0 heteroatoms. The molecule has 0 aromatic rings. The van der Waals surface area contributed by atoms with E-state index in [1.54, 1.807) is 0 Å². The Labute approximate surface area is 58.0 Å². The lowest BCUT2D eigenvalue weighted by Gasteiger charge is -2.04. The second-order valence-corrected chi connectivity index (χ2v) is 2.71. The number of hydrogen-bond acceptors (Lipinski definition) is 0. The highest BCUT2D eigenvalue weighted by molar-refractivity contribution is 4.95. The number of allylic oxidation sites excluding steroid dienone is 2. The molecule has 51 valence electrons. The summed E-state index contributed by atoms with van der Waals surface area (Å²) in [6.45, 7) is 2.15. The lowest BCUT2D eigenvalue weighted by atomic mass is 10.0. The summed E-state index contributed by atoms with van der Waals surface area (Å²) >= 11 is 0. The maximum absolute atomic E-state index is 2.34. The molecule has 0 fully saturated rings. The van der Waals surface area contributed by atoms with Gasteiger partial charge in [-0.25, -0.2) is 0 Å².